The van der Waals surface area contributed by atoms with E-state index in [1.54, 1.807) is 30.1 Å². The van der Waals surface area contributed by atoms with Gasteiger partial charge in [0.15, 0.2) is 12.4 Å². The van der Waals surface area contributed by atoms with E-state index in [9.17, 15) is 18.0 Å². The number of carbonyl (C=O) groups is 2. The van der Waals surface area contributed by atoms with Gasteiger partial charge in [-0.3, -0.25) is 9.59 Å². The van der Waals surface area contributed by atoms with Gasteiger partial charge in [0.2, 0.25) is 10.0 Å². The number of nitrogens with one attached hydrogen (secondary N) is 1. The molecule has 5 N–H and O–H groups in total. The predicted octanol–water partition coefficient (Wildman–Crippen LogP) is -0.160. The number of hydrogen-bond donors (Lipinski definition) is 3. The van der Waals surface area contributed by atoms with E-state index < -0.39 is 28.1 Å². The Bertz CT molecular complexity index is 1110. The summed E-state index contributed by atoms with van der Waals surface area (Å²) in [5, 5.41) is 6.31. The second-order valence-electron chi connectivity index (χ2n) is 8.31. The first-order chi connectivity index (χ1) is 15.5. The number of benzene rings is 1. The highest BCUT2D eigenvalue weighted by atomic mass is 32.2. The lowest BCUT2D eigenvalue weighted by Crippen LogP contribution is -2.45. The van der Waals surface area contributed by atoms with Crippen LogP contribution in [0.25, 0.3) is 0 Å². The fourth-order valence-corrected chi connectivity index (χ4v) is 5.37. The lowest BCUT2D eigenvalue weighted by molar-refractivity contribution is -0.127. The van der Waals surface area contributed by atoms with Gasteiger partial charge in [0, 0.05) is 27.7 Å². The first kappa shape index (κ1) is 24.5. The smallest absolute Gasteiger partial charge is 0.261 e. The van der Waals surface area contributed by atoms with Gasteiger partial charge < -0.3 is 26.5 Å². The molecule has 0 aromatic heterocycles. The van der Waals surface area contributed by atoms with Crippen molar-refractivity contribution in [3.8, 4) is 0 Å². The van der Waals surface area contributed by atoms with Crippen LogP contribution in [0.4, 0.5) is 0 Å². The van der Waals surface area contributed by atoms with Crippen LogP contribution in [0.5, 0.6) is 0 Å². The molecule has 1 saturated carbocycles. The van der Waals surface area contributed by atoms with Gasteiger partial charge >= 0.3 is 0 Å². The summed E-state index contributed by atoms with van der Waals surface area (Å²) < 4.78 is 26.0. The van der Waals surface area contributed by atoms with Gasteiger partial charge in [0.25, 0.3) is 11.8 Å². The van der Waals surface area contributed by atoms with Crippen LogP contribution in [0.2, 0.25) is 0 Å². The van der Waals surface area contributed by atoms with Crippen molar-refractivity contribution in [2.24, 2.45) is 16.6 Å². The Kier molecular flexibility index (Phi) is 6.98. The molecule has 180 valence electrons. The molecule has 1 aromatic carbocycles. The van der Waals surface area contributed by atoms with Crippen molar-refractivity contribution in [3.05, 3.63) is 41.1 Å². The maximum Gasteiger partial charge on any atom is 0.261 e. The molecule has 1 aromatic rings. The van der Waals surface area contributed by atoms with Crippen molar-refractivity contribution in [1.82, 2.24) is 14.5 Å². The Labute approximate surface area is 193 Å². The summed E-state index contributed by atoms with van der Waals surface area (Å²) in [4.78, 5) is 31.6. The molecule has 1 fully saturated rings. The average Bonchev–Trinajstić information content (AvgIpc) is 3.34. The third kappa shape index (κ3) is 4.53. The molecule has 1 spiro atoms. The first-order valence-electron chi connectivity index (χ1n) is 10.5. The fourth-order valence-electron chi connectivity index (χ4n) is 4.25. The van der Waals surface area contributed by atoms with Crippen LogP contribution >= 0.6 is 0 Å². The standard InChI is InChI=1S/C21H30N6O5S/c1-26(2)33(30,31)15-9-5-4-8-14(15)12-24-16(28)13-32-25-19(23)17-18(22)21(10-6-7-11-21)27(3)20(17)29/h4-5,8-9H,6-7,10-13,22H2,1-3H3,(H2,23,25)(H,24,28). The normalized spacial score (nSPS) is 18.5. The zero-order valence-corrected chi connectivity index (χ0v) is 19.8. The molecular weight excluding hydrogens is 448 g/mol. The number of rotatable bonds is 8. The molecule has 12 heteroatoms. The molecular formula is C21H30N6O5S. The molecule has 2 aliphatic rings. The van der Waals surface area contributed by atoms with Crippen LogP contribution in [-0.2, 0) is 31.0 Å². The monoisotopic (exact) mass is 478 g/mol. The highest BCUT2D eigenvalue weighted by molar-refractivity contribution is 7.89. The Hall–Kier alpha value is -3.12. The lowest BCUT2D eigenvalue weighted by atomic mass is 9.93. The van der Waals surface area contributed by atoms with E-state index in [1.165, 1.54) is 20.2 Å². The minimum Gasteiger partial charge on any atom is -0.399 e. The van der Waals surface area contributed by atoms with E-state index in [-0.39, 0.29) is 28.8 Å². The first-order valence-corrected chi connectivity index (χ1v) is 12.0. The summed E-state index contributed by atoms with van der Waals surface area (Å²) in [5.74, 6) is -1.03. The molecule has 0 unspecified atom stereocenters. The minimum absolute atomic E-state index is 0.0193. The lowest BCUT2D eigenvalue weighted by Gasteiger charge is -2.33. The summed E-state index contributed by atoms with van der Waals surface area (Å²) in [5.41, 5.74) is 12.7. The number of hydrogen-bond acceptors (Lipinski definition) is 7. The average molecular weight is 479 g/mol. The van der Waals surface area contributed by atoms with Crippen LogP contribution in [-0.4, -0.2) is 68.6 Å². The van der Waals surface area contributed by atoms with E-state index >= 15 is 0 Å². The molecule has 2 amide bonds. The molecule has 1 aliphatic heterocycles. The van der Waals surface area contributed by atoms with Crippen LogP contribution in [0.3, 0.4) is 0 Å². The number of oxime groups is 1. The summed E-state index contributed by atoms with van der Waals surface area (Å²) in [6, 6.07) is 6.38. The second kappa shape index (κ2) is 9.40. The van der Waals surface area contributed by atoms with E-state index in [4.69, 9.17) is 16.3 Å². The molecule has 3 rings (SSSR count). The van der Waals surface area contributed by atoms with E-state index in [1.807, 2.05) is 0 Å². The maximum atomic E-state index is 12.7. The van der Waals surface area contributed by atoms with Crippen molar-refractivity contribution < 1.29 is 22.8 Å². The number of nitrogens with zero attached hydrogens (tertiary/aromatic N) is 3. The number of sulfonamides is 1. The molecule has 0 saturated heterocycles. The maximum absolute atomic E-state index is 12.7. The zero-order chi connectivity index (χ0) is 24.4. The van der Waals surface area contributed by atoms with Crippen molar-refractivity contribution >= 4 is 27.7 Å². The van der Waals surface area contributed by atoms with Gasteiger partial charge in [-0.1, -0.05) is 36.2 Å². The summed E-state index contributed by atoms with van der Waals surface area (Å²) in [7, 11) is 0.910. The Balaban J connectivity index is 1.62. The number of amides is 2. The van der Waals surface area contributed by atoms with Gasteiger partial charge in [-0.2, -0.15) is 0 Å². The molecule has 1 aliphatic carbocycles. The zero-order valence-electron chi connectivity index (χ0n) is 19.0. The number of nitrogens with two attached hydrogens (primary N) is 2. The molecule has 11 nitrogen and oxygen atoms in total. The van der Waals surface area contributed by atoms with Crippen molar-refractivity contribution in [2.45, 2.75) is 42.7 Å². The molecule has 33 heavy (non-hydrogen) atoms. The van der Waals surface area contributed by atoms with Gasteiger partial charge in [0.1, 0.15) is 5.57 Å². The second-order valence-corrected chi connectivity index (χ2v) is 10.4. The number of amidine groups is 1. The summed E-state index contributed by atoms with van der Waals surface area (Å²) in [6.07, 6.45) is 3.48. The van der Waals surface area contributed by atoms with Gasteiger partial charge in [-0.25, -0.2) is 12.7 Å². The van der Waals surface area contributed by atoms with Gasteiger partial charge in [0.05, 0.1) is 16.1 Å². The predicted molar refractivity (Wildman–Crippen MR) is 122 cm³/mol. The highest BCUT2D eigenvalue weighted by Crippen LogP contribution is 2.44. The molecule has 1 heterocycles. The van der Waals surface area contributed by atoms with Gasteiger partial charge in [-0.05, 0) is 24.5 Å². The quantitative estimate of drug-likeness (QED) is 0.266. The fraction of sp³-hybridized carbons (Fsp3) is 0.476. The molecule has 0 radical (unpaired) electrons. The Morgan fingerprint density at radius 2 is 1.91 bits per heavy atom. The number of likely N-dealkylation sites (N-methyl/N-ethyl adjacent to an activating group) is 1. The van der Waals surface area contributed by atoms with Crippen LogP contribution in [0, 0.1) is 0 Å². The van der Waals surface area contributed by atoms with E-state index in [0.717, 1.165) is 30.0 Å². The van der Waals surface area contributed by atoms with E-state index in [2.05, 4.69) is 10.5 Å². The van der Waals surface area contributed by atoms with Crippen LogP contribution in [0.15, 0.2) is 45.6 Å². The topological polar surface area (TPSA) is 160 Å². The van der Waals surface area contributed by atoms with Gasteiger partial charge in [-0.15, -0.1) is 0 Å². The van der Waals surface area contributed by atoms with Crippen molar-refractivity contribution in [2.75, 3.05) is 27.7 Å². The van der Waals surface area contributed by atoms with E-state index in [0.29, 0.717) is 11.3 Å². The van der Waals surface area contributed by atoms with Crippen molar-refractivity contribution in [3.63, 3.8) is 0 Å². The Morgan fingerprint density at radius 1 is 1.27 bits per heavy atom. The van der Waals surface area contributed by atoms with Crippen LogP contribution < -0.4 is 16.8 Å². The largest absolute Gasteiger partial charge is 0.399 e. The van der Waals surface area contributed by atoms with Crippen LogP contribution in [0.1, 0.15) is 31.2 Å². The summed E-state index contributed by atoms with van der Waals surface area (Å²) >= 11 is 0. The Morgan fingerprint density at radius 3 is 2.55 bits per heavy atom. The van der Waals surface area contributed by atoms with Crippen molar-refractivity contribution in [1.29, 1.82) is 0 Å². The minimum atomic E-state index is -3.66. The highest BCUT2D eigenvalue weighted by Gasteiger charge is 2.51. The molecule has 0 atom stereocenters. The third-order valence-electron chi connectivity index (χ3n) is 6.18. The molecule has 0 bridgehead atoms. The third-order valence-corrected chi connectivity index (χ3v) is 8.10. The summed E-state index contributed by atoms with van der Waals surface area (Å²) in [6.45, 7) is -0.486. The number of carbonyl (C=O) groups excluding carboxylic acids is 2. The SMILES string of the molecule is CN1C(=O)C(/C(N)=N\OCC(=O)NCc2ccccc2S(=O)(=O)N(C)C)=C(N)C12CCCC2.